The number of carbonyl (C=O) groups is 1. The molecule has 0 aromatic heterocycles. The van der Waals surface area contributed by atoms with Crippen LogP contribution < -0.4 is 5.32 Å². The molecule has 1 heterocycles. The molecule has 1 fully saturated rings. The summed E-state index contributed by atoms with van der Waals surface area (Å²) in [6, 6.07) is 12.4. The molecule has 1 N–H and O–H groups in total. The normalized spacial score (nSPS) is 17.8. The van der Waals surface area contributed by atoms with E-state index in [1.54, 1.807) is 4.90 Å². The van der Waals surface area contributed by atoms with Crippen molar-refractivity contribution in [2.45, 2.75) is 51.3 Å². The van der Waals surface area contributed by atoms with E-state index in [0.29, 0.717) is 19.5 Å². The first kappa shape index (κ1) is 17.3. The number of amides is 1. The van der Waals surface area contributed by atoms with E-state index in [-0.39, 0.29) is 12.1 Å². The van der Waals surface area contributed by atoms with Crippen molar-refractivity contribution >= 4 is 6.09 Å². The molecule has 5 nitrogen and oxygen atoms in total. The van der Waals surface area contributed by atoms with Crippen LogP contribution in [-0.2, 0) is 11.2 Å². The molecule has 1 saturated heterocycles. The van der Waals surface area contributed by atoms with Crippen molar-refractivity contribution < 1.29 is 9.53 Å². The highest BCUT2D eigenvalue weighted by Gasteiger charge is 2.37. The average Bonchev–Trinajstić information content (AvgIpc) is 2.41. The van der Waals surface area contributed by atoms with Crippen LogP contribution in [0.2, 0.25) is 0 Å². The van der Waals surface area contributed by atoms with Gasteiger partial charge < -0.3 is 9.64 Å². The fourth-order valence-corrected chi connectivity index (χ4v) is 2.62. The van der Waals surface area contributed by atoms with Crippen LogP contribution in [0.5, 0.6) is 0 Å². The molecule has 0 bridgehead atoms. The van der Waals surface area contributed by atoms with Crippen molar-refractivity contribution in [3.63, 3.8) is 0 Å². The summed E-state index contributed by atoms with van der Waals surface area (Å²) in [6.45, 7) is 8.60. The predicted octanol–water partition coefficient (Wildman–Crippen LogP) is 2.72. The lowest BCUT2D eigenvalue weighted by Crippen LogP contribution is -2.65. The molecule has 0 unspecified atom stereocenters. The summed E-state index contributed by atoms with van der Waals surface area (Å²) in [5, 5.41) is 12.9. The summed E-state index contributed by atoms with van der Waals surface area (Å²) in [4.78, 5) is 13.6. The standard InChI is InChI=1S/C18H25N3O2/c1-17(2,3)23-16(22)21-11-15(12-21)20-18(4,13-19)10-14-8-6-5-7-9-14/h5-9,15,20H,10-12H2,1-4H3/t18-/m0/s1. The van der Waals surface area contributed by atoms with Crippen LogP contribution in [0, 0.1) is 11.3 Å². The van der Waals surface area contributed by atoms with Gasteiger partial charge in [-0.2, -0.15) is 5.26 Å². The highest BCUT2D eigenvalue weighted by Crippen LogP contribution is 2.19. The van der Waals surface area contributed by atoms with Crippen molar-refractivity contribution in [2.24, 2.45) is 0 Å². The molecule has 1 aromatic carbocycles. The van der Waals surface area contributed by atoms with Gasteiger partial charge in [-0.05, 0) is 33.3 Å². The highest BCUT2D eigenvalue weighted by molar-refractivity contribution is 5.69. The number of carbonyl (C=O) groups excluding carboxylic acids is 1. The van der Waals surface area contributed by atoms with Crippen molar-refractivity contribution in [1.82, 2.24) is 10.2 Å². The minimum atomic E-state index is -0.647. The van der Waals surface area contributed by atoms with Gasteiger partial charge in [-0.15, -0.1) is 0 Å². The van der Waals surface area contributed by atoms with Crippen LogP contribution in [0.25, 0.3) is 0 Å². The Hall–Kier alpha value is -2.06. The minimum Gasteiger partial charge on any atom is -0.444 e. The topological polar surface area (TPSA) is 65.4 Å². The number of likely N-dealkylation sites (tertiary alicyclic amines) is 1. The van der Waals surface area contributed by atoms with Gasteiger partial charge in [0.1, 0.15) is 11.1 Å². The number of nitrogens with one attached hydrogen (secondary N) is 1. The highest BCUT2D eigenvalue weighted by atomic mass is 16.6. The third-order valence-corrected chi connectivity index (χ3v) is 3.70. The summed E-state index contributed by atoms with van der Waals surface area (Å²) in [5.74, 6) is 0. The van der Waals surface area contributed by atoms with Gasteiger partial charge in [-0.25, -0.2) is 4.79 Å². The Bertz CT molecular complexity index is 583. The molecule has 1 aliphatic heterocycles. The number of nitrogens with zero attached hydrogens (tertiary/aromatic N) is 2. The molecule has 0 aliphatic carbocycles. The van der Waals surface area contributed by atoms with E-state index >= 15 is 0 Å². The van der Waals surface area contributed by atoms with Gasteiger partial charge in [0, 0.05) is 25.6 Å². The van der Waals surface area contributed by atoms with Crippen LogP contribution in [-0.4, -0.2) is 41.3 Å². The summed E-state index contributed by atoms with van der Waals surface area (Å²) in [5.41, 5.74) is -0.0109. The fraction of sp³-hybridized carbons (Fsp3) is 0.556. The Morgan fingerprint density at radius 1 is 1.30 bits per heavy atom. The molecule has 0 spiro atoms. The summed E-state index contributed by atoms with van der Waals surface area (Å²) in [6.07, 6.45) is 0.338. The quantitative estimate of drug-likeness (QED) is 0.928. The summed E-state index contributed by atoms with van der Waals surface area (Å²) >= 11 is 0. The average molecular weight is 315 g/mol. The van der Waals surface area contributed by atoms with Crippen LogP contribution in [0.15, 0.2) is 30.3 Å². The maximum absolute atomic E-state index is 11.9. The lowest BCUT2D eigenvalue weighted by Gasteiger charge is -2.43. The smallest absolute Gasteiger partial charge is 0.410 e. The van der Waals surface area contributed by atoms with E-state index in [1.165, 1.54) is 0 Å². The van der Waals surface area contributed by atoms with E-state index < -0.39 is 11.1 Å². The first-order valence-electron chi connectivity index (χ1n) is 7.92. The van der Waals surface area contributed by atoms with Crippen LogP contribution >= 0.6 is 0 Å². The Morgan fingerprint density at radius 3 is 2.43 bits per heavy atom. The number of nitriles is 1. The first-order valence-corrected chi connectivity index (χ1v) is 7.92. The second kappa shape index (κ2) is 6.59. The zero-order valence-electron chi connectivity index (χ0n) is 14.3. The van der Waals surface area contributed by atoms with Crippen molar-refractivity contribution in [3.05, 3.63) is 35.9 Å². The lowest BCUT2D eigenvalue weighted by molar-refractivity contribution is 0.00320. The van der Waals surface area contributed by atoms with Gasteiger partial charge in [0.05, 0.1) is 6.07 Å². The third-order valence-electron chi connectivity index (χ3n) is 3.70. The second-order valence-corrected chi connectivity index (χ2v) is 7.33. The SMILES string of the molecule is CC(C)(C)OC(=O)N1CC(N[C@](C)(C#N)Cc2ccccc2)C1. The lowest BCUT2D eigenvalue weighted by atomic mass is 9.92. The monoisotopic (exact) mass is 315 g/mol. The molecule has 1 atom stereocenters. The van der Waals surface area contributed by atoms with Crippen molar-refractivity contribution in [1.29, 1.82) is 5.26 Å². The van der Waals surface area contributed by atoms with Gasteiger partial charge in [0.25, 0.3) is 0 Å². The number of hydrogen-bond donors (Lipinski definition) is 1. The summed E-state index contributed by atoms with van der Waals surface area (Å²) in [7, 11) is 0. The second-order valence-electron chi connectivity index (χ2n) is 7.33. The Morgan fingerprint density at radius 2 is 1.91 bits per heavy atom. The zero-order chi connectivity index (χ0) is 17.1. The molecule has 1 aliphatic rings. The Labute approximate surface area is 138 Å². The largest absolute Gasteiger partial charge is 0.444 e. The maximum Gasteiger partial charge on any atom is 0.410 e. The van der Waals surface area contributed by atoms with Crippen LogP contribution in [0.1, 0.15) is 33.3 Å². The summed E-state index contributed by atoms with van der Waals surface area (Å²) < 4.78 is 5.34. The first-order chi connectivity index (χ1) is 10.7. The van der Waals surface area contributed by atoms with E-state index in [2.05, 4.69) is 11.4 Å². The molecule has 23 heavy (non-hydrogen) atoms. The molecular weight excluding hydrogens is 290 g/mol. The molecule has 1 amide bonds. The van der Waals surface area contributed by atoms with Crippen LogP contribution in [0.3, 0.4) is 0 Å². The number of hydrogen-bond acceptors (Lipinski definition) is 4. The predicted molar refractivity (Wildman–Crippen MR) is 88.9 cm³/mol. The van der Waals surface area contributed by atoms with Gasteiger partial charge >= 0.3 is 6.09 Å². The van der Waals surface area contributed by atoms with E-state index in [9.17, 15) is 10.1 Å². The van der Waals surface area contributed by atoms with Crippen LogP contribution in [0.4, 0.5) is 4.79 Å². The van der Waals surface area contributed by atoms with Crippen molar-refractivity contribution in [2.75, 3.05) is 13.1 Å². The molecule has 0 radical (unpaired) electrons. The fourth-order valence-electron chi connectivity index (χ4n) is 2.62. The Kier molecular flexibility index (Phi) is 4.96. The molecule has 0 saturated carbocycles. The van der Waals surface area contributed by atoms with Gasteiger partial charge in [0.2, 0.25) is 0 Å². The molecule has 5 heteroatoms. The van der Waals surface area contributed by atoms with Gasteiger partial charge in [-0.1, -0.05) is 30.3 Å². The van der Waals surface area contributed by atoms with Crippen molar-refractivity contribution in [3.8, 4) is 6.07 Å². The molecule has 2 rings (SSSR count). The molecule has 1 aromatic rings. The molecule has 124 valence electrons. The minimum absolute atomic E-state index is 0.121. The van der Waals surface area contributed by atoms with E-state index in [4.69, 9.17) is 4.74 Å². The number of benzene rings is 1. The van der Waals surface area contributed by atoms with Gasteiger partial charge in [0.15, 0.2) is 0 Å². The number of ether oxygens (including phenoxy) is 1. The third kappa shape index (κ3) is 4.97. The van der Waals surface area contributed by atoms with E-state index in [1.807, 2.05) is 58.0 Å². The zero-order valence-corrected chi connectivity index (χ0v) is 14.3. The number of rotatable bonds is 4. The van der Waals surface area contributed by atoms with E-state index in [0.717, 1.165) is 5.56 Å². The van der Waals surface area contributed by atoms with Gasteiger partial charge in [-0.3, -0.25) is 5.32 Å². The Balaban J connectivity index is 1.85. The maximum atomic E-state index is 11.9. The molecular formula is C18H25N3O2.